The summed E-state index contributed by atoms with van der Waals surface area (Å²) in [6.07, 6.45) is 2.61. The van der Waals surface area contributed by atoms with Crippen molar-refractivity contribution in [1.29, 1.82) is 0 Å². The third kappa shape index (κ3) is 4.42. The van der Waals surface area contributed by atoms with Gasteiger partial charge in [0.05, 0.1) is 0 Å². The molecule has 1 amide bonds. The first kappa shape index (κ1) is 15.2. The topological polar surface area (TPSA) is 55.1 Å². The molecule has 0 fully saturated rings. The predicted octanol–water partition coefficient (Wildman–Crippen LogP) is 3.33. The molecule has 1 atom stereocenters. The summed E-state index contributed by atoms with van der Waals surface area (Å²) in [7, 11) is 0. The van der Waals surface area contributed by atoms with Crippen LogP contribution in [0.15, 0.2) is 22.7 Å². The number of carbonyl (C=O) groups is 1. The van der Waals surface area contributed by atoms with Crippen LogP contribution in [0.1, 0.15) is 32.3 Å². The average Bonchev–Trinajstić information content (AvgIpc) is 2.37. The van der Waals surface area contributed by atoms with Crippen molar-refractivity contribution in [3.63, 3.8) is 0 Å². The van der Waals surface area contributed by atoms with Gasteiger partial charge in [0.1, 0.15) is 0 Å². The van der Waals surface area contributed by atoms with Gasteiger partial charge in [-0.3, -0.25) is 4.79 Å². The second-order valence-corrected chi connectivity index (χ2v) is 5.39. The number of nitrogens with two attached hydrogens (primary N) is 1. The van der Waals surface area contributed by atoms with E-state index >= 15 is 0 Å². The molecular weight excluding hydrogens is 292 g/mol. The maximum Gasteiger partial charge on any atom is 0.227 e. The van der Waals surface area contributed by atoms with E-state index in [-0.39, 0.29) is 11.8 Å². The van der Waals surface area contributed by atoms with E-state index in [1.54, 1.807) is 0 Å². The number of halogens is 1. The molecule has 0 aliphatic heterocycles. The SMILES string of the molecule is CCc1cc(Br)ccc1NC(=O)C(C)CCCN. The molecule has 0 bridgehead atoms. The molecule has 3 N–H and O–H groups in total. The molecule has 0 saturated carbocycles. The third-order valence-corrected chi connectivity index (χ3v) is 3.49. The maximum atomic E-state index is 12.0. The Labute approximate surface area is 117 Å². The van der Waals surface area contributed by atoms with E-state index in [1.165, 1.54) is 0 Å². The molecule has 1 rings (SSSR count). The van der Waals surface area contributed by atoms with Crippen LogP contribution in [0.3, 0.4) is 0 Å². The average molecular weight is 313 g/mol. The van der Waals surface area contributed by atoms with E-state index in [2.05, 4.69) is 28.2 Å². The fraction of sp³-hybridized carbons (Fsp3) is 0.500. The molecule has 3 nitrogen and oxygen atoms in total. The van der Waals surface area contributed by atoms with Crippen LogP contribution in [0.2, 0.25) is 0 Å². The number of hydrogen-bond donors (Lipinski definition) is 2. The highest BCUT2D eigenvalue weighted by atomic mass is 79.9. The van der Waals surface area contributed by atoms with Crippen molar-refractivity contribution in [1.82, 2.24) is 0 Å². The van der Waals surface area contributed by atoms with Gasteiger partial charge in [0, 0.05) is 16.1 Å². The molecule has 1 aromatic rings. The quantitative estimate of drug-likeness (QED) is 0.846. The van der Waals surface area contributed by atoms with Crippen LogP contribution in [0, 0.1) is 5.92 Å². The van der Waals surface area contributed by atoms with Gasteiger partial charge in [-0.1, -0.05) is 29.8 Å². The van der Waals surface area contributed by atoms with Crippen LogP contribution >= 0.6 is 15.9 Å². The smallest absolute Gasteiger partial charge is 0.227 e. The van der Waals surface area contributed by atoms with Gasteiger partial charge < -0.3 is 11.1 Å². The maximum absolute atomic E-state index is 12.0. The summed E-state index contributed by atoms with van der Waals surface area (Å²) in [6, 6.07) is 5.93. The number of aryl methyl sites for hydroxylation is 1. The highest BCUT2D eigenvalue weighted by Gasteiger charge is 2.13. The summed E-state index contributed by atoms with van der Waals surface area (Å²) in [5.41, 5.74) is 7.50. The lowest BCUT2D eigenvalue weighted by atomic mass is 10.0. The monoisotopic (exact) mass is 312 g/mol. The van der Waals surface area contributed by atoms with Crippen molar-refractivity contribution < 1.29 is 4.79 Å². The fourth-order valence-corrected chi connectivity index (χ4v) is 2.20. The molecule has 1 aromatic carbocycles. The Hall–Kier alpha value is -0.870. The highest BCUT2D eigenvalue weighted by Crippen LogP contribution is 2.22. The van der Waals surface area contributed by atoms with Crippen LogP contribution in [0.5, 0.6) is 0 Å². The van der Waals surface area contributed by atoms with Gasteiger partial charge >= 0.3 is 0 Å². The standard InChI is InChI=1S/C14H21BrN2O/c1-3-11-9-12(15)6-7-13(11)17-14(18)10(2)5-4-8-16/h6-7,9-10H,3-5,8,16H2,1-2H3,(H,17,18). The minimum absolute atomic E-state index is 0.00176. The second kappa shape index (κ2) is 7.54. The molecule has 0 aromatic heterocycles. The lowest BCUT2D eigenvalue weighted by molar-refractivity contribution is -0.119. The molecule has 0 heterocycles. The van der Waals surface area contributed by atoms with E-state index in [9.17, 15) is 4.79 Å². The van der Waals surface area contributed by atoms with Gasteiger partial charge in [0.15, 0.2) is 0 Å². The van der Waals surface area contributed by atoms with Crippen molar-refractivity contribution in [3.8, 4) is 0 Å². The Kier molecular flexibility index (Phi) is 6.36. The van der Waals surface area contributed by atoms with Crippen molar-refractivity contribution >= 4 is 27.5 Å². The Balaban J connectivity index is 2.69. The molecule has 4 heteroatoms. The second-order valence-electron chi connectivity index (χ2n) is 4.48. The van der Waals surface area contributed by atoms with Gasteiger partial charge in [-0.05, 0) is 49.6 Å². The molecule has 0 spiro atoms. The highest BCUT2D eigenvalue weighted by molar-refractivity contribution is 9.10. The molecule has 0 radical (unpaired) electrons. The van der Waals surface area contributed by atoms with Gasteiger partial charge in [0.25, 0.3) is 0 Å². The number of anilines is 1. The zero-order valence-corrected chi connectivity index (χ0v) is 12.6. The number of rotatable bonds is 6. The van der Waals surface area contributed by atoms with E-state index in [1.807, 2.05) is 25.1 Å². The summed E-state index contributed by atoms with van der Waals surface area (Å²) in [6.45, 7) is 4.65. The summed E-state index contributed by atoms with van der Waals surface area (Å²) in [5, 5.41) is 3.00. The first-order valence-electron chi connectivity index (χ1n) is 6.37. The minimum atomic E-state index is 0.00176. The van der Waals surface area contributed by atoms with E-state index in [4.69, 9.17) is 5.73 Å². The number of benzene rings is 1. The van der Waals surface area contributed by atoms with Gasteiger partial charge in [-0.15, -0.1) is 0 Å². The first-order valence-corrected chi connectivity index (χ1v) is 7.17. The molecule has 1 unspecified atom stereocenters. The van der Waals surface area contributed by atoms with Gasteiger partial charge in [0.2, 0.25) is 5.91 Å². The van der Waals surface area contributed by atoms with Crippen LogP contribution in [-0.2, 0) is 11.2 Å². The molecule has 0 saturated heterocycles. The van der Waals surface area contributed by atoms with Crippen LogP contribution in [0.4, 0.5) is 5.69 Å². The van der Waals surface area contributed by atoms with E-state index in [0.29, 0.717) is 6.54 Å². The zero-order valence-electron chi connectivity index (χ0n) is 11.0. The van der Waals surface area contributed by atoms with Crippen molar-refractivity contribution in [2.75, 3.05) is 11.9 Å². The molecule has 100 valence electrons. The lowest BCUT2D eigenvalue weighted by Crippen LogP contribution is -2.21. The van der Waals surface area contributed by atoms with Crippen molar-refractivity contribution in [2.24, 2.45) is 11.7 Å². The fourth-order valence-electron chi connectivity index (χ4n) is 1.79. The molecule has 0 aliphatic rings. The predicted molar refractivity (Wildman–Crippen MR) is 79.6 cm³/mol. The van der Waals surface area contributed by atoms with Crippen LogP contribution in [-0.4, -0.2) is 12.5 Å². The Morgan fingerprint density at radius 1 is 1.50 bits per heavy atom. The summed E-state index contributed by atoms with van der Waals surface area (Å²) < 4.78 is 1.04. The molecule has 0 aliphatic carbocycles. The first-order chi connectivity index (χ1) is 8.58. The van der Waals surface area contributed by atoms with Gasteiger partial charge in [-0.2, -0.15) is 0 Å². The Morgan fingerprint density at radius 2 is 2.22 bits per heavy atom. The Morgan fingerprint density at radius 3 is 2.83 bits per heavy atom. The van der Waals surface area contributed by atoms with E-state index in [0.717, 1.165) is 35.0 Å². The summed E-state index contributed by atoms with van der Waals surface area (Å²) in [5.74, 6) is 0.0716. The number of amides is 1. The molecule has 18 heavy (non-hydrogen) atoms. The molecular formula is C14H21BrN2O. The normalized spacial score (nSPS) is 12.2. The largest absolute Gasteiger partial charge is 0.330 e. The number of nitrogens with one attached hydrogen (secondary N) is 1. The third-order valence-electron chi connectivity index (χ3n) is 2.99. The summed E-state index contributed by atoms with van der Waals surface area (Å²) >= 11 is 3.44. The van der Waals surface area contributed by atoms with Gasteiger partial charge in [-0.25, -0.2) is 0 Å². The van der Waals surface area contributed by atoms with E-state index < -0.39 is 0 Å². The van der Waals surface area contributed by atoms with Crippen LogP contribution in [0.25, 0.3) is 0 Å². The van der Waals surface area contributed by atoms with Crippen molar-refractivity contribution in [2.45, 2.75) is 33.1 Å². The van der Waals surface area contributed by atoms with Crippen LogP contribution < -0.4 is 11.1 Å². The minimum Gasteiger partial charge on any atom is -0.330 e. The number of hydrogen-bond acceptors (Lipinski definition) is 2. The Bertz CT molecular complexity index is 407. The van der Waals surface area contributed by atoms with Crippen molar-refractivity contribution in [3.05, 3.63) is 28.2 Å². The number of carbonyl (C=O) groups excluding carboxylic acids is 1. The summed E-state index contributed by atoms with van der Waals surface area (Å²) in [4.78, 5) is 12.0. The lowest BCUT2D eigenvalue weighted by Gasteiger charge is -2.14. The zero-order chi connectivity index (χ0) is 13.5.